The molecule has 0 bridgehead atoms. The number of benzene rings is 1. The molecular formula is C13H16O4. The van der Waals surface area contributed by atoms with E-state index < -0.39 is 11.9 Å². The Morgan fingerprint density at radius 3 is 2.65 bits per heavy atom. The molecule has 1 aromatic rings. The molecule has 1 aliphatic rings. The SMILES string of the molecule is COc1ccc(C(C)C(=O)O)cc1OC1CC1. The van der Waals surface area contributed by atoms with Gasteiger partial charge in [0.2, 0.25) is 0 Å². The van der Waals surface area contributed by atoms with Gasteiger partial charge in [-0.1, -0.05) is 6.07 Å². The van der Waals surface area contributed by atoms with Gasteiger partial charge in [-0.15, -0.1) is 0 Å². The van der Waals surface area contributed by atoms with Crippen molar-refractivity contribution >= 4 is 5.97 Å². The van der Waals surface area contributed by atoms with E-state index in [0.717, 1.165) is 18.4 Å². The van der Waals surface area contributed by atoms with Crippen LogP contribution in [0.1, 0.15) is 31.2 Å². The lowest BCUT2D eigenvalue weighted by Crippen LogP contribution is -2.08. The van der Waals surface area contributed by atoms with Crippen LogP contribution in [0.2, 0.25) is 0 Å². The van der Waals surface area contributed by atoms with E-state index >= 15 is 0 Å². The van der Waals surface area contributed by atoms with Gasteiger partial charge in [-0.2, -0.15) is 0 Å². The van der Waals surface area contributed by atoms with Gasteiger partial charge in [0.05, 0.1) is 19.1 Å². The minimum atomic E-state index is -0.840. The van der Waals surface area contributed by atoms with Crippen molar-refractivity contribution in [2.45, 2.75) is 31.8 Å². The summed E-state index contributed by atoms with van der Waals surface area (Å²) in [6.07, 6.45) is 2.38. The van der Waals surface area contributed by atoms with Gasteiger partial charge >= 0.3 is 5.97 Å². The topological polar surface area (TPSA) is 55.8 Å². The van der Waals surface area contributed by atoms with Crippen LogP contribution in [0.5, 0.6) is 11.5 Å². The van der Waals surface area contributed by atoms with Crippen molar-refractivity contribution in [1.29, 1.82) is 0 Å². The number of hydrogen-bond donors (Lipinski definition) is 1. The third kappa shape index (κ3) is 2.70. The highest BCUT2D eigenvalue weighted by Crippen LogP contribution is 2.35. The maximum Gasteiger partial charge on any atom is 0.310 e. The van der Waals surface area contributed by atoms with Gasteiger partial charge in [0, 0.05) is 0 Å². The molecule has 1 N–H and O–H groups in total. The molecule has 1 saturated carbocycles. The van der Waals surface area contributed by atoms with E-state index in [1.54, 1.807) is 32.2 Å². The monoisotopic (exact) mass is 236 g/mol. The lowest BCUT2D eigenvalue weighted by atomic mass is 10.0. The Labute approximate surface area is 100 Å². The van der Waals surface area contributed by atoms with Gasteiger partial charge in [-0.3, -0.25) is 4.79 Å². The van der Waals surface area contributed by atoms with Crippen LogP contribution in [0.4, 0.5) is 0 Å². The Bertz CT molecular complexity index is 423. The Morgan fingerprint density at radius 1 is 1.41 bits per heavy atom. The van der Waals surface area contributed by atoms with Crippen molar-refractivity contribution in [3.05, 3.63) is 23.8 Å². The summed E-state index contributed by atoms with van der Waals surface area (Å²) in [7, 11) is 1.58. The van der Waals surface area contributed by atoms with Gasteiger partial charge in [-0.05, 0) is 37.5 Å². The lowest BCUT2D eigenvalue weighted by Gasteiger charge is -2.13. The van der Waals surface area contributed by atoms with Crippen LogP contribution in [0.25, 0.3) is 0 Å². The highest BCUT2D eigenvalue weighted by Gasteiger charge is 2.25. The minimum Gasteiger partial charge on any atom is -0.493 e. The molecular weight excluding hydrogens is 220 g/mol. The van der Waals surface area contributed by atoms with Gasteiger partial charge in [0.15, 0.2) is 11.5 Å². The zero-order valence-electron chi connectivity index (χ0n) is 9.97. The molecule has 0 heterocycles. The first-order valence-electron chi connectivity index (χ1n) is 5.69. The van der Waals surface area contributed by atoms with Crippen LogP contribution in [-0.4, -0.2) is 24.3 Å². The van der Waals surface area contributed by atoms with E-state index in [1.165, 1.54) is 0 Å². The van der Waals surface area contributed by atoms with Crippen LogP contribution in [0, 0.1) is 0 Å². The molecule has 2 rings (SSSR count). The first-order valence-corrected chi connectivity index (χ1v) is 5.69. The van der Waals surface area contributed by atoms with Crippen molar-refractivity contribution in [3.8, 4) is 11.5 Å². The molecule has 1 aromatic carbocycles. The molecule has 0 aliphatic heterocycles. The molecule has 0 radical (unpaired) electrons. The predicted molar refractivity (Wildman–Crippen MR) is 62.7 cm³/mol. The highest BCUT2D eigenvalue weighted by molar-refractivity contribution is 5.75. The molecule has 92 valence electrons. The molecule has 0 amide bonds. The van der Waals surface area contributed by atoms with Crippen molar-refractivity contribution in [2.24, 2.45) is 0 Å². The second kappa shape index (κ2) is 4.65. The number of rotatable bonds is 5. The molecule has 4 nitrogen and oxygen atoms in total. The quantitative estimate of drug-likeness (QED) is 0.853. The fourth-order valence-corrected chi connectivity index (χ4v) is 1.56. The van der Waals surface area contributed by atoms with E-state index in [1.807, 2.05) is 0 Å². The molecule has 0 saturated heterocycles. The number of hydrogen-bond acceptors (Lipinski definition) is 3. The molecule has 1 fully saturated rings. The fourth-order valence-electron chi connectivity index (χ4n) is 1.56. The molecule has 1 atom stereocenters. The third-order valence-corrected chi connectivity index (χ3v) is 2.88. The van der Waals surface area contributed by atoms with Gasteiger partial charge in [0.1, 0.15) is 0 Å². The number of carboxylic acid groups (broad SMARTS) is 1. The van der Waals surface area contributed by atoms with E-state index in [2.05, 4.69) is 0 Å². The number of carbonyl (C=O) groups is 1. The molecule has 0 aromatic heterocycles. The Hall–Kier alpha value is -1.71. The van der Waals surface area contributed by atoms with Crippen LogP contribution in [0.3, 0.4) is 0 Å². The molecule has 0 spiro atoms. The fraction of sp³-hybridized carbons (Fsp3) is 0.462. The minimum absolute atomic E-state index is 0.263. The number of methoxy groups -OCH3 is 1. The predicted octanol–water partition coefficient (Wildman–Crippen LogP) is 2.42. The summed E-state index contributed by atoms with van der Waals surface area (Å²) in [5, 5.41) is 8.97. The van der Waals surface area contributed by atoms with Crippen LogP contribution >= 0.6 is 0 Å². The zero-order chi connectivity index (χ0) is 12.4. The van der Waals surface area contributed by atoms with Gasteiger partial charge in [0.25, 0.3) is 0 Å². The summed E-state index contributed by atoms with van der Waals surface area (Å²) in [6.45, 7) is 1.66. The second-order valence-electron chi connectivity index (χ2n) is 4.29. The van der Waals surface area contributed by atoms with Gasteiger partial charge in [-0.25, -0.2) is 0 Å². The zero-order valence-corrected chi connectivity index (χ0v) is 9.97. The summed E-state index contributed by atoms with van der Waals surface area (Å²) in [6, 6.07) is 5.28. The van der Waals surface area contributed by atoms with Crippen molar-refractivity contribution < 1.29 is 19.4 Å². The standard InChI is InChI=1S/C13H16O4/c1-8(13(14)15)9-3-6-11(16-2)12(7-9)17-10-4-5-10/h3,6-8,10H,4-5H2,1-2H3,(H,14,15). The van der Waals surface area contributed by atoms with Crippen LogP contribution in [0.15, 0.2) is 18.2 Å². The van der Waals surface area contributed by atoms with Crippen molar-refractivity contribution in [1.82, 2.24) is 0 Å². The molecule has 1 unspecified atom stereocenters. The first-order chi connectivity index (χ1) is 8.11. The number of ether oxygens (including phenoxy) is 2. The Kier molecular flexibility index (Phi) is 3.22. The van der Waals surface area contributed by atoms with Crippen molar-refractivity contribution in [2.75, 3.05) is 7.11 Å². The highest BCUT2D eigenvalue weighted by atomic mass is 16.5. The maximum absolute atomic E-state index is 10.9. The van der Waals surface area contributed by atoms with Gasteiger partial charge < -0.3 is 14.6 Å². The Morgan fingerprint density at radius 2 is 2.12 bits per heavy atom. The van der Waals surface area contributed by atoms with Crippen molar-refractivity contribution in [3.63, 3.8) is 0 Å². The van der Waals surface area contributed by atoms with E-state index in [0.29, 0.717) is 11.5 Å². The Balaban J connectivity index is 2.26. The summed E-state index contributed by atoms with van der Waals surface area (Å²) >= 11 is 0. The summed E-state index contributed by atoms with van der Waals surface area (Å²) in [5.41, 5.74) is 0.731. The average Bonchev–Trinajstić information content (AvgIpc) is 3.11. The summed E-state index contributed by atoms with van der Waals surface area (Å²) in [5.74, 6) is -0.0890. The van der Waals surface area contributed by atoms with Crippen LogP contribution in [-0.2, 0) is 4.79 Å². The third-order valence-electron chi connectivity index (χ3n) is 2.88. The molecule has 4 heteroatoms. The molecule has 1 aliphatic carbocycles. The lowest BCUT2D eigenvalue weighted by molar-refractivity contribution is -0.138. The number of carboxylic acids is 1. The summed E-state index contributed by atoms with van der Waals surface area (Å²) < 4.78 is 10.9. The average molecular weight is 236 g/mol. The number of aliphatic carboxylic acids is 1. The summed E-state index contributed by atoms with van der Waals surface area (Å²) in [4.78, 5) is 10.9. The van der Waals surface area contributed by atoms with E-state index in [-0.39, 0.29) is 6.10 Å². The van der Waals surface area contributed by atoms with E-state index in [9.17, 15) is 4.79 Å². The van der Waals surface area contributed by atoms with E-state index in [4.69, 9.17) is 14.6 Å². The normalized spacial score (nSPS) is 16.4. The first kappa shape index (κ1) is 11.8. The second-order valence-corrected chi connectivity index (χ2v) is 4.29. The maximum atomic E-state index is 10.9. The smallest absolute Gasteiger partial charge is 0.310 e. The molecule has 17 heavy (non-hydrogen) atoms. The largest absolute Gasteiger partial charge is 0.493 e. The van der Waals surface area contributed by atoms with Crippen LogP contribution < -0.4 is 9.47 Å².